The predicted molar refractivity (Wildman–Crippen MR) is 92.0 cm³/mol. The Balaban J connectivity index is 2.01. The molecule has 0 saturated carbocycles. The molecule has 22 heavy (non-hydrogen) atoms. The molecule has 1 heteroatoms. The Bertz CT molecular complexity index is 730. The number of hydrogen-bond acceptors (Lipinski definition) is 1. The van der Waals surface area contributed by atoms with Gasteiger partial charge in [-0.05, 0) is 37.1 Å². The monoisotopic (exact) mass is 288 g/mol. The molecular weight excluding hydrogens is 268 g/mol. The van der Waals surface area contributed by atoms with Crippen LogP contribution in [0.3, 0.4) is 0 Å². The summed E-state index contributed by atoms with van der Waals surface area (Å²) in [4.78, 5) is 0. The zero-order valence-corrected chi connectivity index (χ0v) is 13.0. The zero-order chi connectivity index (χ0) is 15.4. The molecule has 0 aliphatic rings. The molecule has 0 aliphatic carbocycles. The van der Waals surface area contributed by atoms with Gasteiger partial charge in [0.05, 0.1) is 0 Å². The number of rotatable bonds is 4. The van der Waals surface area contributed by atoms with Gasteiger partial charge in [0.2, 0.25) is 0 Å². The fourth-order valence-electron chi connectivity index (χ4n) is 2.72. The third kappa shape index (κ3) is 3.04. The fourth-order valence-corrected chi connectivity index (χ4v) is 2.72. The van der Waals surface area contributed by atoms with Crippen molar-refractivity contribution in [2.45, 2.75) is 19.4 Å². The lowest BCUT2D eigenvalue weighted by Crippen LogP contribution is -2.26. The third-order valence-corrected chi connectivity index (χ3v) is 3.78. The zero-order valence-electron chi connectivity index (χ0n) is 13.0. The lowest BCUT2D eigenvalue weighted by Gasteiger charge is -2.29. The molecule has 0 saturated heterocycles. The maximum absolute atomic E-state index is 6.25. The first-order chi connectivity index (χ1) is 10.7. The topological polar surface area (TPSA) is 9.23 Å². The summed E-state index contributed by atoms with van der Waals surface area (Å²) in [6.45, 7) is 4.23. The van der Waals surface area contributed by atoms with Gasteiger partial charge in [-0.25, -0.2) is 0 Å². The molecule has 0 heterocycles. The molecular formula is C21H20O. The van der Waals surface area contributed by atoms with E-state index >= 15 is 0 Å². The molecule has 3 rings (SSSR count). The predicted octanol–water partition coefficient (Wildman–Crippen LogP) is 5.67. The van der Waals surface area contributed by atoms with Gasteiger partial charge in [0, 0.05) is 5.56 Å². The first kappa shape index (κ1) is 14.4. The van der Waals surface area contributed by atoms with Crippen molar-refractivity contribution in [2.75, 3.05) is 0 Å². The molecule has 0 atom stereocenters. The molecule has 0 fully saturated rings. The van der Waals surface area contributed by atoms with E-state index in [2.05, 4.69) is 62.4 Å². The Hall–Kier alpha value is -2.54. The lowest BCUT2D eigenvalue weighted by molar-refractivity contribution is 0.109. The van der Waals surface area contributed by atoms with E-state index in [9.17, 15) is 0 Å². The van der Waals surface area contributed by atoms with Crippen molar-refractivity contribution in [3.8, 4) is 16.9 Å². The maximum atomic E-state index is 6.25. The van der Waals surface area contributed by atoms with Crippen molar-refractivity contribution in [1.82, 2.24) is 0 Å². The van der Waals surface area contributed by atoms with Gasteiger partial charge in [-0.15, -0.1) is 0 Å². The summed E-state index contributed by atoms with van der Waals surface area (Å²) in [7, 11) is 0. The average Bonchev–Trinajstić information content (AvgIpc) is 2.56. The molecule has 110 valence electrons. The van der Waals surface area contributed by atoms with Crippen LogP contribution in [0.4, 0.5) is 0 Å². The van der Waals surface area contributed by atoms with Crippen LogP contribution in [0.1, 0.15) is 19.4 Å². The highest BCUT2D eigenvalue weighted by atomic mass is 16.5. The van der Waals surface area contributed by atoms with E-state index in [4.69, 9.17) is 4.74 Å². The number of ether oxygens (including phenoxy) is 1. The third-order valence-electron chi connectivity index (χ3n) is 3.78. The van der Waals surface area contributed by atoms with Gasteiger partial charge in [-0.3, -0.25) is 0 Å². The van der Waals surface area contributed by atoms with Crippen molar-refractivity contribution in [1.29, 1.82) is 0 Å². The van der Waals surface area contributed by atoms with Gasteiger partial charge < -0.3 is 4.74 Å². The van der Waals surface area contributed by atoms with Gasteiger partial charge in [-0.2, -0.15) is 0 Å². The normalized spacial score (nSPS) is 11.2. The van der Waals surface area contributed by atoms with Gasteiger partial charge in [0.25, 0.3) is 0 Å². The van der Waals surface area contributed by atoms with Crippen LogP contribution >= 0.6 is 0 Å². The molecule has 0 radical (unpaired) electrons. The molecule has 0 bridgehead atoms. The average molecular weight is 288 g/mol. The van der Waals surface area contributed by atoms with E-state index in [1.165, 1.54) is 16.7 Å². The van der Waals surface area contributed by atoms with Gasteiger partial charge in [0.1, 0.15) is 11.4 Å². The van der Waals surface area contributed by atoms with Gasteiger partial charge in [0.15, 0.2) is 0 Å². The highest BCUT2D eigenvalue weighted by molar-refractivity contribution is 5.68. The van der Waals surface area contributed by atoms with Gasteiger partial charge in [-0.1, -0.05) is 72.8 Å². The van der Waals surface area contributed by atoms with Crippen LogP contribution in [0, 0.1) is 0 Å². The highest BCUT2D eigenvalue weighted by Gasteiger charge is 2.25. The van der Waals surface area contributed by atoms with E-state index in [1.54, 1.807) is 0 Å². The summed E-state index contributed by atoms with van der Waals surface area (Å²) in [5, 5.41) is 0. The Kier molecular flexibility index (Phi) is 3.97. The highest BCUT2D eigenvalue weighted by Crippen LogP contribution is 2.34. The van der Waals surface area contributed by atoms with Crippen molar-refractivity contribution in [2.24, 2.45) is 0 Å². The summed E-state index contributed by atoms with van der Waals surface area (Å²) in [5.41, 5.74) is 3.20. The first-order valence-corrected chi connectivity index (χ1v) is 7.56. The van der Waals surface area contributed by atoms with Crippen LogP contribution in [0.15, 0.2) is 84.9 Å². The molecule has 0 N–H and O–H groups in total. The van der Waals surface area contributed by atoms with E-state index in [0.29, 0.717) is 0 Å². The van der Waals surface area contributed by atoms with Crippen LogP contribution in [-0.4, -0.2) is 0 Å². The Morgan fingerprint density at radius 2 is 1.18 bits per heavy atom. The molecule has 1 nitrogen and oxygen atoms in total. The minimum absolute atomic E-state index is 0.409. The molecule has 0 unspecified atom stereocenters. The van der Waals surface area contributed by atoms with E-state index < -0.39 is 5.60 Å². The smallest absolute Gasteiger partial charge is 0.129 e. The Morgan fingerprint density at radius 3 is 1.86 bits per heavy atom. The molecule has 0 spiro atoms. The van der Waals surface area contributed by atoms with E-state index in [0.717, 1.165) is 5.75 Å². The summed E-state index contributed by atoms with van der Waals surface area (Å²) >= 11 is 0. The molecule has 0 amide bonds. The summed E-state index contributed by atoms with van der Waals surface area (Å²) in [6, 6.07) is 28.9. The second-order valence-corrected chi connectivity index (χ2v) is 5.84. The number of para-hydroxylation sites is 1. The van der Waals surface area contributed by atoms with Crippen molar-refractivity contribution in [3.63, 3.8) is 0 Å². The van der Waals surface area contributed by atoms with Crippen molar-refractivity contribution in [3.05, 3.63) is 90.5 Å². The van der Waals surface area contributed by atoms with Crippen molar-refractivity contribution >= 4 is 0 Å². The second-order valence-electron chi connectivity index (χ2n) is 5.84. The molecule has 0 aliphatic heterocycles. The second kappa shape index (κ2) is 6.07. The number of benzene rings is 3. The van der Waals surface area contributed by atoms with Crippen LogP contribution in [-0.2, 0) is 5.60 Å². The Labute approximate surface area is 132 Å². The Morgan fingerprint density at radius 1 is 0.636 bits per heavy atom. The molecule has 3 aromatic carbocycles. The van der Waals surface area contributed by atoms with E-state index in [1.807, 2.05) is 36.4 Å². The van der Waals surface area contributed by atoms with Crippen LogP contribution in [0.2, 0.25) is 0 Å². The first-order valence-electron chi connectivity index (χ1n) is 7.56. The summed E-state index contributed by atoms with van der Waals surface area (Å²) in [5.74, 6) is 0.885. The van der Waals surface area contributed by atoms with Crippen LogP contribution in [0.25, 0.3) is 11.1 Å². The SMILES string of the molecule is CC(C)(Oc1ccccc1)c1ccccc1-c1ccccc1. The summed E-state index contributed by atoms with van der Waals surface area (Å²) in [6.07, 6.45) is 0. The van der Waals surface area contributed by atoms with Crippen LogP contribution in [0.5, 0.6) is 5.75 Å². The standard InChI is InChI=1S/C21H20O/c1-21(2,22-18-13-7-4-8-14-18)20-16-10-9-15-19(20)17-11-5-3-6-12-17/h3-16H,1-2H3. The van der Waals surface area contributed by atoms with Crippen molar-refractivity contribution < 1.29 is 4.74 Å². The minimum atomic E-state index is -0.409. The quantitative estimate of drug-likeness (QED) is 0.601. The molecule has 3 aromatic rings. The van der Waals surface area contributed by atoms with Crippen LogP contribution < -0.4 is 4.74 Å². The largest absolute Gasteiger partial charge is 0.483 e. The minimum Gasteiger partial charge on any atom is -0.483 e. The molecule has 0 aromatic heterocycles. The summed E-state index contributed by atoms with van der Waals surface area (Å²) < 4.78 is 6.25. The van der Waals surface area contributed by atoms with Gasteiger partial charge >= 0.3 is 0 Å². The fraction of sp³-hybridized carbons (Fsp3) is 0.143. The number of hydrogen-bond donors (Lipinski definition) is 0. The lowest BCUT2D eigenvalue weighted by atomic mass is 9.89. The van der Waals surface area contributed by atoms with E-state index in [-0.39, 0.29) is 0 Å². The maximum Gasteiger partial charge on any atom is 0.129 e.